The van der Waals surface area contributed by atoms with Gasteiger partial charge in [-0.05, 0) is 46.6 Å². The van der Waals surface area contributed by atoms with Crippen LogP contribution in [-0.4, -0.2) is 33.3 Å². The maximum Gasteiger partial charge on any atom is 0.410 e. The van der Waals surface area contributed by atoms with Crippen LogP contribution in [0.5, 0.6) is 0 Å². The molecule has 0 spiro atoms. The van der Waals surface area contributed by atoms with Crippen molar-refractivity contribution < 1.29 is 9.53 Å². The summed E-state index contributed by atoms with van der Waals surface area (Å²) in [5.74, 6) is 0. The number of amides is 1. The topological polar surface area (TPSA) is 58.2 Å². The number of likely N-dealkylation sites (tertiary alicyclic amines) is 1. The number of aromatic amines is 1. The van der Waals surface area contributed by atoms with Gasteiger partial charge in [0.25, 0.3) is 0 Å². The molecule has 100 valence electrons. The Kier molecular flexibility index (Phi) is 3.32. The molecular weight excluding hydrogens is 230 g/mol. The van der Waals surface area contributed by atoms with Crippen LogP contribution in [0.25, 0.3) is 0 Å². The number of ether oxygens (including phenoxy) is 1. The third-order valence-corrected chi connectivity index (χ3v) is 2.97. The first-order valence-electron chi connectivity index (χ1n) is 6.38. The molecule has 0 unspecified atom stereocenters. The van der Waals surface area contributed by atoms with E-state index in [2.05, 4.69) is 10.2 Å². The van der Waals surface area contributed by atoms with Gasteiger partial charge in [-0.2, -0.15) is 5.10 Å². The van der Waals surface area contributed by atoms with Crippen molar-refractivity contribution in [3.8, 4) is 0 Å². The monoisotopic (exact) mass is 251 g/mol. The van der Waals surface area contributed by atoms with Crippen LogP contribution in [-0.2, 0) is 4.74 Å². The van der Waals surface area contributed by atoms with Crippen LogP contribution >= 0.6 is 0 Å². The van der Waals surface area contributed by atoms with E-state index in [1.165, 1.54) is 0 Å². The predicted octanol–water partition coefficient (Wildman–Crippen LogP) is 2.79. The molecule has 18 heavy (non-hydrogen) atoms. The van der Waals surface area contributed by atoms with Crippen molar-refractivity contribution >= 4 is 6.09 Å². The average Bonchev–Trinajstić information content (AvgIpc) is 2.81. The molecule has 1 saturated heterocycles. The molecule has 2 rings (SSSR count). The van der Waals surface area contributed by atoms with Gasteiger partial charge in [0.1, 0.15) is 5.60 Å². The number of carbonyl (C=O) groups is 1. The molecule has 5 heteroatoms. The second kappa shape index (κ2) is 4.63. The van der Waals surface area contributed by atoms with Crippen LogP contribution in [0.15, 0.2) is 6.07 Å². The lowest BCUT2D eigenvalue weighted by atomic mass is 10.1. The zero-order valence-corrected chi connectivity index (χ0v) is 11.5. The van der Waals surface area contributed by atoms with Gasteiger partial charge < -0.3 is 4.74 Å². The van der Waals surface area contributed by atoms with E-state index >= 15 is 0 Å². The number of H-pyrrole nitrogens is 1. The fraction of sp³-hybridized carbons (Fsp3) is 0.692. The van der Waals surface area contributed by atoms with E-state index in [4.69, 9.17) is 4.74 Å². The molecular formula is C13H21N3O2. The summed E-state index contributed by atoms with van der Waals surface area (Å²) < 4.78 is 5.43. The van der Waals surface area contributed by atoms with Crippen molar-refractivity contribution in [2.24, 2.45) is 0 Å². The zero-order chi connectivity index (χ0) is 13.3. The van der Waals surface area contributed by atoms with Crippen molar-refractivity contribution in [3.63, 3.8) is 0 Å². The molecule has 1 N–H and O–H groups in total. The predicted molar refractivity (Wildman–Crippen MR) is 68.2 cm³/mol. The first kappa shape index (κ1) is 12.9. The highest BCUT2D eigenvalue weighted by molar-refractivity contribution is 5.69. The van der Waals surface area contributed by atoms with Gasteiger partial charge in [-0.25, -0.2) is 4.79 Å². The van der Waals surface area contributed by atoms with Crippen molar-refractivity contribution in [1.29, 1.82) is 0 Å². The van der Waals surface area contributed by atoms with Crippen LogP contribution in [0, 0.1) is 6.92 Å². The largest absolute Gasteiger partial charge is 0.444 e. The third kappa shape index (κ3) is 2.83. The van der Waals surface area contributed by atoms with E-state index in [9.17, 15) is 4.79 Å². The van der Waals surface area contributed by atoms with Crippen molar-refractivity contribution in [2.45, 2.75) is 52.2 Å². The Hall–Kier alpha value is -1.52. The Bertz CT molecular complexity index is 434. The number of hydrogen-bond donors (Lipinski definition) is 1. The minimum atomic E-state index is -0.450. The summed E-state index contributed by atoms with van der Waals surface area (Å²) in [6.07, 6.45) is 1.72. The molecule has 1 aromatic heterocycles. The molecule has 2 heterocycles. The molecule has 0 aromatic carbocycles. The van der Waals surface area contributed by atoms with E-state index in [1.807, 2.05) is 33.8 Å². The van der Waals surface area contributed by atoms with Gasteiger partial charge in [0, 0.05) is 6.54 Å². The molecule has 0 saturated carbocycles. The molecule has 0 aliphatic carbocycles. The lowest BCUT2D eigenvalue weighted by Crippen LogP contribution is -2.36. The van der Waals surface area contributed by atoms with Crippen LogP contribution in [0.4, 0.5) is 4.79 Å². The van der Waals surface area contributed by atoms with Crippen molar-refractivity contribution in [1.82, 2.24) is 15.1 Å². The minimum absolute atomic E-state index is 0.0704. The Balaban J connectivity index is 2.10. The van der Waals surface area contributed by atoms with Crippen LogP contribution in [0.1, 0.15) is 51.0 Å². The first-order chi connectivity index (χ1) is 8.37. The van der Waals surface area contributed by atoms with Crippen LogP contribution in [0.3, 0.4) is 0 Å². The van der Waals surface area contributed by atoms with Gasteiger partial charge in [-0.15, -0.1) is 0 Å². The lowest BCUT2D eigenvalue weighted by molar-refractivity contribution is 0.0221. The SMILES string of the molecule is Cc1cc([C@@H]2CCCN2C(=O)OC(C)(C)C)[nH]n1. The summed E-state index contributed by atoms with van der Waals surface area (Å²) in [5.41, 5.74) is 1.49. The Morgan fingerprint density at radius 1 is 1.56 bits per heavy atom. The summed E-state index contributed by atoms with van der Waals surface area (Å²) in [6.45, 7) is 8.34. The van der Waals surface area contributed by atoms with Gasteiger partial charge >= 0.3 is 6.09 Å². The van der Waals surface area contributed by atoms with Gasteiger partial charge in [-0.3, -0.25) is 10.00 Å². The van der Waals surface area contributed by atoms with Gasteiger partial charge in [0.05, 0.1) is 17.4 Å². The van der Waals surface area contributed by atoms with E-state index in [-0.39, 0.29) is 12.1 Å². The van der Waals surface area contributed by atoms with Gasteiger partial charge in [0.15, 0.2) is 0 Å². The number of aromatic nitrogens is 2. The van der Waals surface area contributed by atoms with Crippen molar-refractivity contribution in [2.75, 3.05) is 6.54 Å². The molecule has 1 aliphatic rings. The molecule has 1 amide bonds. The second-order valence-corrected chi connectivity index (χ2v) is 5.80. The molecule has 5 nitrogen and oxygen atoms in total. The number of hydrogen-bond acceptors (Lipinski definition) is 3. The molecule has 1 fully saturated rings. The maximum absolute atomic E-state index is 12.1. The van der Waals surface area contributed by atoms with Gasteiger partial charge in [0.2, 0.25) is 0 Å². The smallest absolute Gasteiger partial charge is 0.410 e. The fourth-order valence-corrected chi connectivity index (χ4v) is 2.24. The lowest BCUT2D eigenvalue weighted by Gasteiger charge is -2.28. The number of aryl methyl sites for hydroxylation is 1. The summed E-state index contributed by atoms with van der Waals surface area (Å²) in [7, 11) is 0. The van der Waals surface area contributed by atoms with Crippen LogP contribution in [0.2, 0.25) is 0 Å². The van der Waals surface area contributed by atoms with E-state index < -0.39 is 5.60 Å². The molecule has 1 aromatic rings. The Morgan fingerprint density at radius 2 is 2.28 bits per heavy atom. The quantitative estimate of drug-likeness (QED) is 0.835. The third-order valence-electron chi connectivity index (χ3n) is 2.97. The Morgan fingerprint density at radius 3 is 2.83 bits per heavy atom. The molecule has 1 aliphatic heterocycles. The normalized spacial score (nSPS) is 20.2. The summed E-state index contributed by atoms with van der Waals surface area (Å²) >= 11 is 0. The average molecular weight is 251 g/mol. The highest BCUT2D eigenvalue weighted by atomic mass is 16.6. The van der Waals surface area contributed by atoms with E-state index in [1.54, 1.807) is 4.90 Å². The highest BCUT2D eigenvalue weighted by Gasteiger charge is 2.33. The van der Waals surface area contributed by atoms with E-state index in [0.717, 1.165) is 30.8 Å². The number of nitrogens with zero attached hydrogens (tertiary/aromatic N) is 2. The van der Waals surface area contributed by atoms with Crippen LogP contribution < -0.4 is 0 Å². The summed E-state index contributed by atoms with van der Waals surface area (Å²) in [6, 6.07) is 2.06. The standard InChI is InChI=1S/C13H21N3O2/c1-9-8-10(15-14-9)11-6-5-7-16(11)12(17)18-13(2,3)4/h8,11H,5-7H2,1-4H3,(H,14,15)/t11-/m0/s1. The molecule has 1 atom stereocenters. The number of carbonyl (C=O) groups excluding carboxylic acids is 1. The number of nitrogens with one attached hydrogen (secondary N) is 1. The fourth-order valence-electron chi connectivity index (χ4n) is 2.24. The molecule has 0 radical (unpaired) electrons. The highest BCUT2D eigenvalue weighted by Crippen LogP contribution is 2.32. The zero-order valence-electron chi connectivity index (χ0n) is 11.5. The summed E-state index contributed by atoms with van der Waals surface area (Å²) in [4.78, 5) is 13.9. The minimum Gasteiger partial charge on any atom is -0.444 e. The van der Waals surface area contributed by atoms with Gasteiger partial charge in [-0.1, -0.05) is 0 Å². The maximum atomic E-state index is 12.1. The van der Waals surface area contributed by atoms with Crippen molar-refractivity contribution in [3.05, 3.63) is 17.5 Å². The molecule has 0 bridgehead atoms. The summed E-state index contributed by atoms with van der Waals surface area (Å²) in [5, 5.41) is 7.12. The Labute approximate surface area is 108 Å². The second-order valence-electron chi connectivity index (χ2n) is 5.80. The van der Waals surface area contributed by atoms with E-state index in [0.29, 0.717) is 0 Å². The first-order valence-corrected chi connectivity index (χ1v) is 6.38. The number of rotatable bonds is 1.